The monoisotopic (exact) mass is 584 g/mol. The van der Waals surface area contributed by atoms with E-state index in [0.717, 1.165) is 6.07 Å². The number of tetrazole rings is 1. The number of halogens is 1. The Bertz CT molecular complexity index is 1570. The molecule has 1 fully saturated rings. The molecule has 18 heteroatoms. The molecule has 1 aliphatic rings. The molecule has 1 saturated heterocycles. The Labute approximate surface area is 223 Å². The van der Waals surface area contributed by atoms with E-state index in [1.54, 1.807) is 0 Å². The van der Waals surface area contributed by atoms with Crippen molar-refractivity contribution in [3.8, 4) is 22.5 Å². The van der Waals surface area contributed by atoms with Crippen LogP contribution in [0.25, 0.3) is 22.5 Å². The second kappa shape index (κ2) is 10.9. The van der Waals surface area contributed by atoms with Gasteiger partial charge in [0, 0.05) is 36.3 Å². The number of carbonyl (C=O) groups excluding carboxylic acids is 1. The third-order valence-corrected chi connectivity index (χ3v) is 8.66. The average molecular weight is 585 g/mol. The zero-order chi connectivity index (χ0) is 27.7. The highest BCUT2D eigenvalue weighted by Gasteiger charge is 2.34. The zero-order valence-corrected chi connectivity index (χ0v) is 22.1. The highest BCUT2D eigenvalue weighted by molar-refractivity contribution is 7.92. The Morgan fingerprint density at radius 1 is 1.18 bits per heavy atom. The molecular formula is C20H25ClN10O5S2. The third kappa shape index (κ3) is 5.63. The van der Waals surface area contributed by atoms with Crippen molar-refractivity contribution in [2.24, 2.45) is 10.9 Å². The predicted octanol–water partition coefficient (Wildman–Crippen LogP) is -1.25. The summed E-state index contributed by atoms with van der Waals surface area (Å²) in [5, 5.41) is 24.7. The first-order valence-corrected chi connectivity index (χ1v) is 14.6. The molecule has 2 heterocycles. The van der Waals surface area contributed by atoms with E-state index < -0.39 is 41.8 Å². The first-order chi connectivity index (χ1) is 17.9. The standard InChI is InChI=1S/C20H25ClN10O5S2/c21-10-7-13(17(23)14(8-10)20(32)26-6-4-22)12-1-2-15(38(35,36)29-11-3-5-25-9-11)18(37(24,33)34)16(12)19-27-30-31-28-19/h1-2,7-8,11,25,29H,3-6,9,22-23H2,(H,26,32)(H2,24,33,34)(H,27,28,30,31)/t11-/m1/s1. The van der Waals surface area contributed by atoms with E-state index in [1.807, 2.05) is 0 Å². The van der Waals surface area contributed by atoms with Gasteiger partial charge in [-0.05, 0) is 41.9 Å². The topological polar surface area (TPSA) is 254 Å². The molecule has 0 radical (unpaired) electrons. The summed E-state index contributed by atoms with van der Waals surface area (Å²) in [6, 6.07) is 4.65. The number of nitrogens with one attached hydrogen (secondary N) is 4. The van der Waals surface area contributed by atoms with E-state index >= 15 is 0 Å². The van der Waals surface area contributed by atoms with Crippen LogP contribution in [0.2, 0.25) is 5.02 Å². The Kier molecular flexibility index (Phi) is 7.98. The van der Waals surface area contributed by atoms with Crippen molar-refractivity contribution in [3.05, 3.63) is 34.9 Å². The Balaban J connectivity index is 2.01. The lowest BCUT2D eigenvalue weighted by molar-refractivity contribution is 0.0955. The van der Waals surface area contributed by atoms with Crippen LogP contribution in [0.5, 0.6) is 0 Å². The van der Waals surface area contributed by atoms with Crippen molar-refractivity contribution in [2.75, 3.05) is 31.9 Å². The summed E-state index contributed by atoms with van der Waals surface area (Å²) in [5.74, 6) is -0.852. The summed E-state index contributed by atoms with van der Waals surface area (Å²) in [4.78, 5) is 11.3. The lowest BCUT2D eigenvalue weighted by Gasteiger charge is -2.19. The van der Waals surface area contributed by atoms with Gasteiger partial charge in [-0.3, -0.25) is 4.79 Å². The number of hydrogen-bond donors (Lipinski definition) is 7. The van der Waals surface area contributed by atoms with Crippen LogP contribution in [0.15, 0.2) is 34.1 Å². The fourth-order valence-electron chi connectivity index (χ4n) is 4.12. The number of nitrogens with two attached hydrogens (primary N) is 3. The van der Waals surface area contributed by atoms with Gasteiger partial charge in [-0.15, -0.1) is 10.2 Å². The minimum Gasteiger partial charge on any atom is -0.398 e. The largest absolute Gasteiger partial charge is 0.398 e. The molecule has 0 saturated carbocycles. The molecule has 1 aromatic heterocycles. The number of amides is 1. The van der Waals surface area contributed by atoms with Crippen LogP contribution in [0, 0.1) is 0 Å². The minimum atomic E-state index is -4.72. The summed E-state index contributed by atoms with van der Waals surface area (Å²) >= 11 is 6.29. The summed E-state index contributed by atoms with van der Waals surface area (Å²) in [5.41, 5.74) is 11.6. The molecule has 0 spiro atoms. The van der Waals surface area contributed by atoms with Gasteiger partial charge in [-0.2, -0.15) is 5.21 Å². The number of carbonyl (C=O) groups is 1. The molecular weight excluding hydrogens is 560 g/mol. The number of sulfonamides is 2. The van der Waals surface area contributed by atoms with E-state index in [0.29, 0.717) is 19.5 Å². The van der Waals surface area contributed by atoms with Crippen molar-refractivity contribution in [3.63, 3.8) is 0 Å². The van der Waals surface area contributed by atoms with Crippen molar-refractivity contribution in [1.29, 1.82) is 0 Å². The van der Waals surface area contributed by atoms with Crippen molar-refractivity contribution in [1.82, 2.24) is 36.0 Å². The van der Waals surface area contributed by atoms with Gasteiger partial charge in [0.1, 0.15) is 9.79 Å². The van der Waals surface area contributed by atoms with Crippen LogP contribution in [-0.2, 0) is 20.0 Å². The Hall–Kier alpha value is -3.19. The highest BCUT2D eigenvalue weighted by Crippen LogP contribution is 2.42. The first-order valence-electron chi connectivity index (χ1n) is 11.2. The van der Waals surface area contributed by atoms with Crippen LogP contribution in [0.3, 0.4) is 0 Å². The predicted molar refractivity (Wildman–Crippen MR) is 139 cm³/mol. The molecule has 3 aromatic rings. The number of rotatable bonds is 9. The van der Waals surface area contributed by atoms with Crippen LogP contribution < -0.4 is 32.0 Å². The van der Waals surface area contributed by atoms with Gasteiger partial charge in [0.05, 0.1) is 16.8 Å². The van der Waals surface area contributed by atoms with Gasteiger partial charge < -0.3 is 22.1 Å². The van der Waals surface area contributed by atoms with Crippen LogP contribution >= 0.6 is 11.6 Å². The van der Waals surface area contributed by atoms with Crippen molar-refractivity contribution >= 4 is 43.2 Å². The van der Waals surface area contributed by atoms with Crippen LogP contribution in [0.4, 0.5) is 5.69 Å². The fourth-order valence-corrected chi connectivity index (χ4v) is 7.21. The van der Waals surface area contributed by atoms with E-state index in [4.69, 9.17) is 28.2 Å². The van der Waals surface area contributed by atoms with Gasteiger partial charge in [0.2, 0.25) is 25.9 Å². The summed E-state index contributed by atoms with van der Waals surface area (Å²) in [6.07, 6.45) is 0.508. The minimum absolute atomic E-state index is 0.00994. The molecule has 0 bridgehead atoms. The van der Waals surface area contributed by atoms with Crippen LogP contribution in [0.1, 0.15) is 16.8 Å². The fraction of sp³-hybridized carbons (Fsp3) is 0.300. The summed E-state index contributed by atoms with van der Waals surface area (Å²) in [6.45, 7) is 1.31. The number of benzene rings is 2. The van der Waals surface area contributed by atoms with E-state index in [-0.39, 0.29) is 51.9 Å². The molecule has 1 atom stereocenters. The number of nitrogen functional groups attached to an aromatic ring is 1. The lowest BCUT2D eigenvalue weighted by atomic mass is 9.95. The molecule has 1 amide bonds. The van der Waals surface area contributed by atoms with Gasteiger partial charge in [-0.1, -0.05) is 17.7 Å². The number of primary sulfonamides is 1. The molecule has 1 aliphatic heterocycles. The van der Waals surface area contributed by atoms with Crippen molar-refractivity contribution < 1.29 is 21.6 Å². The normalized spacial score (nSPS) is 16.0. The Morgan fingerprint density at radius 3 is 2.55 bits per heavy atom. The van der Waals surface area contributed by atoms with E-state index in [9.17, 15) is 21.6 Å². The van der Waals surface area contributed by atoms with E-state index in [1.165, 1.54) is 18.2 Å². The number of hydrogen-bond acceptors (Lipinski definition) is 11. The number of aromatic amines is 1. The second-order valence-corrected chi connectivity index (χ2v) is 12.0. The molecule has 2 aromatic carbocycles. The SMILES string of the molecule is NCCNC(=O)c1cc(Cl)cc(-c2ccc(S(=O)(=O)N[C@@H]3CCNC3)c(S(N)(=O)=O)c2-c2nn[nH]n2)c1N. The maximum atomic E-state index is 13.4. The van der Waals surface area contributed by atoms with Gasteiger partial charge in [-0.25, -0.2) is 26.7 Å². The number of H-pyrrole nitrogens is 1. The van der Waals surface area contributed by atoms with Gasteiger partial charge in [0.15, 0.2) is 0 Å². The molecule has 15 nitrogen and oxygen atoms in total. The van der Waals surface area contributed by atoms with Crippen LogP contribution in [-0.4, -0.2) is 75.6 Å². The first kappa shape index (κ1) is 27.8. The van der Waals surface area contributed by atoms with Gasteiger partial charge in [0.25, 0.3) is 5.91 Å². The number of aromatic nitrogens is 4. The maximum absolute atomic E-state index is 13.4. The maximum Gasteiger partial charge on any atom is 0.253 e. The Morgan fingerprint density at radius 2 is 1.95 bits per heavy atom. The smallest absolute Gasteiger partial charge is 0.253 e. The molecule has 10 N–H and O–H groups in total. The molecule has 204 valence electrons. The highest BCUT2D eigenvalue weighted by atomic mass is 35.5. The molecule has 0 unspecified atom stereocenters. The molecule has 38 heavy (non-hydrogen) atoms. The number of anilines is 1. The lowest BCUT2D eigenvalue weighted by Crippen LogP contribution is -2.37. The van der Waals surface area contributed by atoms with Gasteiger partial charge >= 0.3 is 0 Å². The van der Waals surface area contributed by atoms with Crippen molar-refractivity contribution in [2.45, 2.75) is 22.3 Å². The molecule has 0 aliphatic carbocycles. The van der Waals surface area contributed by atoms with E-state index in [2.05, 4.69) is 36.0 Å². The summed E-state index contributed by atoms with van der Waals surface area (Å²) < 4.78 is 55.1. The summed E-state index contributed by atoms with van der Waals surface area (Å²) in [7, 11) is -9.11. The zero-order valence-electron chi connectivity index (χ0n) is 19.7. The average Bonchev–Trinajstić information content (AvgIpc) is 3.56. The number of nitrogens with zero attached hydrogens (tertiary/aromatic N) is 3. The second-order valence-electron chi connectivity index (χ2n) is 8.37. The quantitative estimate of drug-likeness (QED) is 0.146. The molecule has 4 rings (SSSR count). The third-order valence-electron chi connectivity index (χ3n) is 5.76.